The highest BCUT2D eigenvalue weighted by molar-refractivity contribution is 14.0. The minimum absolute atomic E-state index is 0. The average molecular weight is 491 g/mol. The molecule has 8 heteroatoms. The number of carbonyl (C=O) groups is 1. The second-order valence-electron chi connectivity index (χ2n) is 6.80. The Labute approximate surface area is 177 Å². The number of amides is 1. The van der Waals surface area contributed by atoms with E-state index in [1.54, 1.807) is 7.05 Å². The second kappa shape index (κ2) is 11.0. The lowest BCUT2D eigenvalue weighted by Crippen LogP contribution is -2.48. The Kier molecular flexibility index (Phi) is 8.97. The van der Waals surface area contributed by atoms with Crippen LogP contribution in [0.4, 0.5) is 5.00 Å². The normalized spacial score (nSPS) is 18.2. The van der Waals surface area contributed by atoms with Crippen LogP contribution in [0, 0.1) is 0 Å². The number of hydrogen-bond acceptors (Lipinski definition) is 4. The van der Waals surface area contributed by atoms with Gasteiger partial charge in [-0.05, 0) is 49.6 Å². The van der Waals surface area contributed by atoms with Gasteiger partial charge in [-0.2, -0.15) is 0 Å². The number of guanidine groups is 1. The third-order valence-electron chi connectivity index (χ3n) is 4.69. The number of halogens is 1. The quantitative estimate of drug-likeness (QED) is 0.238. The van der Waals surface area contributed by atoms with Gasteiger partial charge in [0.05, 0.1) is 5.00 Å². The van der Waals surface area contributed by atoms with Gasteiger partial charge in [-0.1, -0.05) is 0 Å². The summed E-state index contributed by atoms with van der Waals surface area (Å²) in [6.45, 7) is 2.93. The summed E-state index contributed by atoms with van der Waals surface area (Å²) in [4.78, 5) is 18.4. The molecule has 0 bridgehead atoms. The number of nitrogens with zero attached hydrogens (tertiary/aromatic N) is 2. The van der Waals surface area contributed by atoms with Crippen LogP contribution in [0.1, 0.15) is 38.5 Å². The van der Waals surface area contributed by atoms with Crippen molar-refractivity contribution in [3.05, 3.63) is 17.5 Å². The van der Waals surface area contributed by atoms with Crippen molar-refractivity contribution in [3.63, 3.8) is 0 Å². The van der Waals surface area contributed by atoms with Crippen LogP contribution in [0.2, 0.25) is 0 Å². The number of nitrogens with one attached hydrogen (secondary N) is 3. The highest BCUT2D eigenvalue weighted by atomic mass is 127. The fourth-order valence-corrected chi connectivity index (χ4v) is 3.85. The molecule has 1 aromatic rings. The number of hydrogen-bond donors (Lipinski definition) is 3. The van der Waals surface area contributed by atoms with E-state index in [0.29, 0.717) is 18.5 Å². The molecular formula is C18H30IN5OS. The van der Waals surface area contributed by atoms with Crippen LogP contribution in [-0.4, -0.2) is 50.6 Å². The first-order valence-corrected chi connectivity index (χ1v) is 10.2. The summed E-state index contributed by atoms with van der Waals surface area (Å²) in [6, 6.07) is 5.22. The Balaban J connectivity index is 0.00000243. The molecule has 146 valence electrons. The fourth-order valence-electron chi connectivity index (χ4n) is 3.07. The molecule has 1 aromatic heterocycles. The number of piperidine rings is 1. The number of carbonyl (C=O) groups excluding carboxylic acids is 1. The fraction of sp³-hybridized carbons (Fsp3) is 0.667. The van der Waals surface area contributed by atoms with E-state index in [4.69, 9.17) is 0 Å². The maximum Gasteiger partial charge on any atom is 0.220 e. The number of thiophene rings is 1. The first-order valence-electron chi connectivity index (χ1n) is 9.29. The predicted octanol–water partition coefficient (Wildman–Crippen LogP) is 2.56. The van der Waals surface area contributed by atoms with Gasteiger partial charge >= 0.3 is 0 Å². The third kappa shape index (κ3) is 6.94. The average Bonchev–Trinajstić information content (AvgIpc) is 3.26. The zero-order valence-corrected chi connectivity index (χ0v) is 18.5. The zero-order valence-electron chi connectivity index (χ0n) is 15.4. The van der Waals surface area contributed by atoms with Gasteiger partial charge in [-0.25, -0.2) is 0 Å². The van der Waals surface area contributed by atoms with E-state index < -0.39 is 0 Å². The van der Waals surface area contributed by atoms with E-state index in [2.05, 4.69) is 43.4 Å². The van der Waals surface area contributed by atoms with Gasteiger partial charge in [-0.3, -0.25) is 9.79 Å². The number of anilines is 1. The van der Waals surface area contributed by atoms with E-state index >= 15 is 0 Å². The largest absolute Gasteiger partial charge is 0.363 e. The number of rotatable bonds is 7. The zero-order chi connectivity index (χ0) is 17.5. The minimum atomic E-state index is 0. The molecule has 1 aliphatic heterocycles. The molecule has 3 N–H and O–H groups in total. The Hall–Kier alpha value is -1.03. The Morgan fingerprint density at radius 2 is 1.96 bits per heavy atom. The Morgan fingerprint density at radius 1 is 1.23 bits per heavy atom. The molecule has 0 spiro atoms. The SMILES string of the molecule is CN=C(NCCCC(=O)NC1CC1)NC1CCN(c2cccs2)CC1.I. The molecule has 2 aliphatic rings. The first kappa shape index (κ1) is 21.3. The van der Waals surface area contributed by atoms with Crippen molar-refractivity contribution in [2.24, 2.45) is 4.99 Å². The van der Waals surface area contributed by atoms with Gasteiger partial charge in [0.25, 0.3) is 0 Å². The molecule has 6 nitrogen and oxygen atoms in total. The summed E-state index contributed by atoms with van der Waals surface area (Å²) >= 11 is 1.81. The van der Waals surface area contributed by atoms with Gasteiger partial charge in [0, 0.05) is 45.2 Å². The van der Waals surface area contributed by atoms with Crippen LogP contribution >= 0.6 is 35.3 Å². The van der Waals surface area contributed by atoms with E-state index in [9.17, 15) is 4.79 Å². The van der Waals surface area contributed by atoms with E-state index in [1.807, 2.05) is 11.3 Å². The number of aliphatic imine (C=N–C) groups is 1. The van der Waals surface area contributed by atoms with Crippen LogP contribution in [0.5, 0.6) is 0 Å². The van der Waals surface area contributed by atoms with Gasteiger partial charge in [0.15, 0.2) is 5.96 Å². The van der Waals surface area contributed by atoms with Crippen LogP contribution in [0.3, 0.4) is 0 Å². The summed E-state index contributed by atoms with van der Waals surface area (Å²) in [5.74, 6) is 1.02. The molecule has 0 radical (unpaired) electrons. The molecule has 1 saturated carbocycles. The summed E-state index contributed by atoms with van der Waals surface area (Å²) in [5, 5.41) is 13.4. The topological polar surface area (TPSA) is 68.8 Å². The third-order valence-corrected chi connectivity index (χ3v) is 5.62. The van der Waals surface area contributed by atoms with Crippen molar-refractivity contribution >= 4 is 52.2 Å². The van der Waals surface area contributed by atoms with Gasteiger partial charge in [-0.15, -0.1) is 35.3 Å². The molecule has 26 heavy (non-hydrogen) atoms. The lowest BCUT2D eigenvalue weighted by molar-refractivity contribution is -0.121. The van der Waals surface area contributed by atoms with Gasteiger partial charge < -0.3 is 20.9 Å². The minimum Gasteiger partial charge on any atom is -0.363 e. The Morgan fingerprint density at radius 3 is 2.58 bits per heavy atom. The first-order chi connectivity index (χ1) is 12.2. The summed E-state index contributed by atoms with van der Waals surface area (Å²) in [6.07, 6.45) is 5.93. The van der Waals surface area contributed by atoms with Crippen molar-refractivity contribution in [1.29, 1.82) is 0 Å². The van der Waals surface area contributed by atoms with Crippen LogP contribution in [0.15, 0.2) is 22.5 Å². The lowest BCUT2D eigenvalue weighted by atomic mass is 10.1. The van der Waals surface area contributed by atoms with Crippen molar-refractivity contribution in [3.8, 4) is 0 Å². The molecule has 2 heterocycles. The molecule has 0 atom stereocenters. The smallest absolute Gasteiger partial charge is 0.220 e. The van der Waals surface area contributed by atoms with Crippen molar-refractivity contribution < 1.29 is 4.79 Å². The maximum absolute atomic E-state index is 11.7. The highest BCUT2D eigenvalue weighted by Crippen LogP contribution is 2.24. The van der Waals surface area contributed by atoms with Crippen molar-refractivity contribution in [2.75, 3.05) is 31.6 Å². The van der Waals surface area contributed by atoms with Crippen molar-refractivity contribution in [2.45, 2.75) is 50.6 Å². The highest BCUT2D eigenvalue weighted by Gasteiger charge is 2.23. The standard InChI is InChI=1S/C18H29N5OS.HI/c1-19-18(20-10-2-4-16(24)21-14-6-7-14)22-15-8-11-23(12-9-15)17-5-3-13-25-17;/h3,5,13-15H,2,4,6-12H2,1H3,(H,21,24)(H2,19,20,22);1H. The van der Waals surface area contributed by atoms with E-state index in [-0.39, 0.29) is 29.9 Å². The van der Waals surface area contributed by atoms with Crippen molar-refractivity contribution in [1.82, 2.24) is 16.0 Å². The molecular weight excluding hydrogens is 461 g/mol. The second-order valence-corrected chi connectivity index (χ2v) is 7.73. The molecule has 3 rings (SSSR count). The van der Waals surface area contributed by atoms with Gasteiger partial charge in [0.1, 0.15) is 0 Å². The summed E-state index contributed by atoms with van der Waals surface area (Å²) < 4.78 is 0. The predicted molar refractivity (Wildman–Crippen MR) is 120 cm³/mol. The summed E-state index contributed by atoms with van der Waals surface area (Å²) in [7, 11) is 1.80. The van der Waals surface area contributed by atoms with E-state index in [1.165, 1.54) is 5.00 Å². The Bertz CT molecular complexity index is 568. The van der Waals surface area contributed by atoms with Crippen LogP contribution in [0.25, 0.3) is 0 Å². The molecule has 0 unspecified atom stereocenters. The van der Waals surface area contributed by atoms with Gasteiger partial charge in [0.2, 0.25) is 5.91 Å². The molecule has 0 aromatic carbocycles. The maximum atomic E-state index is 11.7. The lowest BCUT2D eigenvalue weighted by Gasteiger charge is -2.33. The van der Waals surface area contributed by atoms with Crippen LogP contribution < -0.4 is 20.9 Å². The molecule has 1 aliphatic carbocycles. The summed E-state index contributed by atoms with van der Waals surface area (Å²) in [5.41, 5.74) is 0. The van der Waals surface area contributed by atoms with Crippen LogP contribution in [-0.2, 0) is 4.79 Å². The molecule has 2 fully saturated rings. The monoisotopic (exact) mass is 491 g/mol. The molecule has 1 amide bonds. The van der Waals surface area contributed by atoms with E-state index in [0.717, 1.165) is 57.7 Å². The molecule has 1 saturated heterocycles.